The third kappa shape index (κ3) is 3.04. The molecule has 0 bridgehead atoms. The summed E-state index contributed by atoms with van der Waals surface area (Å²) in [6, 6.07) is 16.8. The molecule has 0 unspecified atom stereocenters. The first-order valence-electron chi connectivity index (χ1n) is 9.35. The second-order valence-electron chi connectivity index (χ2n) is 6.89. The Morgan fingerprint density at radius 3 is 2.23 bits per heavy atom. The van der Waals surface area contributed by atoms with Gasteiger partial charge in [0.25, 0.3) is 5.56 Å². The number of hydrogen-bond donors (Lipinski definition) is 0. The minimum atomic E-state index is -0.436. The van der Waals surface area contributed by atoms with Crippen LogP contribution < -0.4 is 20.7 Å². The molecule has 2 heterocycles. The highest BCUT2D eigenvalue weighted by atomic mass is 16.5. The van der Waals surface area contributed by atoms with E-state index in [0.29, 0.717) is 39.4 Å². The van der Waals surface area contributed by atoms with Crippen LogP contribution in [0.1, 0.15) is 0 Å². The highest BCUT2D eigenvalue weighted by molar-refractivity contribution is 5.96. The zero-order valence-electron chi connectivity index (χ0n) is 17.2. The Morgan fingerprint density at radius 2 is 1.57 bits per heavy atom. The summed E-state index contributed by atoms with van der Waals surface area (Å²) in [5.74, 6) is 1.21. The fourth-order valence-electron chi connectivity index (χ4n) is 3.55. The van der Waals surface area contributed by atoms with Crippen LogP contribution in [0.3, 0.4) is 0 Å². The Morgan fingerprint density at radius 1 is 0.833 bits per heavy atom. The molecule has 0 spiro atoms. The molecule has 152 valence electrons. The molecule has 0 atom stereocenters. The van der Waals surface area contributed by atoms with Crippen molar-refractivity contribution in [2.75, 3.05) is 14.2 Å². The van der Waals surface area contributed by atoms with Crippen molar-refractivity contribution in [1.82, 2.24) is 14.1 Å². The fourth-order valence-corrected chi connectivity index (χ4v) is 3.55. The van der Waals surface area contributed by atoms with Crippen molar-refractivity contribution in [2.45, 2.75) is 0 Å². The Kier molecular flexibility index (Phi) is 4.87. The number of aryl methyl sites for hydroxylation is 1. The van der Waals surface area contributed by atoms with Gasteiger partial charge in [-0.25, -0.2) is 9.78 Å². The van der Waals surface area contributed by atoms with Crippen LogP contribution in [0, 0.1) is 0 Å². The lowest BCUT2D eigenvalue weighted by Crippen LogP contribution is -2.37. The van der Waals surface area contributed by atoms with E-state index in [2.05, 4.69) is 4.98 Å². The molecule has 0 saturated heterocycles. The monoisotopic (exact) mass is 403 g/mol. The van der Waals surface area contributed by atoms with Crippen LogP contribution in [-0.4, -0.2) is 28.3 Å². The zero-order valence-corrected chi connectivity index (χ0v) is 17.2. The number of fused-ring (bicyclic) bond motifs is 1. The van der Waals surface area contributed by atoms with E-state index in [1.54, 1.807) is 33.4 Å². The van der Waals surface area contributed by atoms with E-state index in [-0.39, 0.29) is 0 Å². The molecule has 0 aliphatic rings. The number of nitrogens with zero attached hydrogens (tertiary/aromatic N) is 3. The van der Waals surface area contributed by atoms with Crippen LogP contribution in [0.15, 0.2) is 64.2 Å². The minimum absolute atomic E-state index is 0.310. The molecule has 0 aliphatic heterocycles. The van der Waals surface area contributed by atoms with Gasteiger partial charge in [-0.15, -0.1) is 0 Å². The lowest BCUT2D eigenvalue weighted by atomic mass is 9.99. The van der Waals surface area contributed by atoms with Crippen LogP contribution in [0.2, 0.25) is 0 Å². The lowest BCUT2D eigenvalue weighted by Gasteiger charge is -2.16. The molecule has 4 rings (SSSR count). The van der Waals surface area contributed by atoms with Gasteiger partial charge in [0.2, 0.25) is 0 Å². The Hall–Kier alpha value is -3.87. The predicted octanol–water partition coefficient (Wildman–Crippen LogP) is 2.98. The van der Waals surface area contributed by atoms with Crippen molar-refractivity contribution in [2.24, 2.45) is 14.1 Å². The molecular weight excluding hydrogens is 382 g/mol. The standard InChI is InChI=1S/C23H21N3O4/c1-25-21-20(22(27)26(2)23(25)28)17(13-18(24-21)14-8-6-5-7-9-14)16-12-15(29-3)10-11-19(16)30-4/h5-13H,1-4H3. The first kappa shape index (κ1) is 19.4. The van der Waals surface area contributed by atoms with Crippen molar-refractivity contribution in [3.63, 3.8) is 0 Å². The van der Waals surface area contributed by atoms with Gasteiger partial charge >= 0.3 is 5.69 Å². The zero-order chi connectivity index (χ0) is 21.4. The second-order valence-corrected chi connectivity index (χ2v) is 6.89. The molecule has 4 aromatic rings. The number of pyridine rings is 1. The van der Waals surface area contributed by atoms with Crippen molar-refractivity contribution in [3.8, 4) is 33.9 Å². The summed E-state index contributed by atoms with van der Waals surface area (Å²) in [7, 11) is 6.22. The molecule has 2 aromatic carbocycles. The molecule has 0 N–H and O–H groups in total. The summed E-state index contributed by atoms with van der Waals surface area (Å²) in [5.41, 5.74) is 2.27. The van der Waals surface area contributed by atoms with Crippen LogP contribution >= 0.6 is 0 Å². The first-order chi connectivity index (χ1) is 14.5. The van der Waals surface area contributed by atoms with E-state index in [4.69, 9.17) is 9.47 Å². The van der Waals surface area contributed by atoms with Gasteiger partial charge in [0.1, 0.15) is 11.5 Å². The van der Waals surface area contributed by atoms with Gasteiger partial charge in [-0.1, -0.05) is 30.3 Å². The highest BCUT2D eigenvalue weighted by Crippen LogP contribution is 2.37. The van der Waals surface area contributed by atoms with Crippen molar-refractivity contribution < 1.29 is 9.47 Å². The number of hydrogen-bond acceptors (Lipinski definition) is 5. The minimum Gasteiger partial charge on any atom is -0.497 e. The average Bonchev–Trinajstić information content (AvgIpc) is 2.80. The molecule has 7 nitrogen and oxygen atoms in total. The van der Waals surface area contributed by atoms with Gasteiger partial charge in [-0.05, 0) is 24.3 Å². The number of rotatable bonds is 4. The largest absolute Gasteiger partial charge is 0.497 e. The molecule has 0 aliphatic carbocycles. The molecule has 0 fully saturated rings. The van der Waals surface area contributed by atoms with Gasteiger partial charge in [0.05, 0.1) is 25.3 Å². The molecular formula is C23H21N3O4. The van der Waals surface area contributed by atoms with Gasteiger partial charge in [0.15, 0.2) is 5.65 Å². The third-order valence-corrected chi connectivity index (χ3v) is 5.18. The number of aromatic nitrogens is 3. The maximum Gasteiger partial charge on any atom is 0.332 e. The van der Waals surface area contributed by atoms with E-state index < -0.39 is 11.2 Å². The summed E-state index contributed by atoms with van der Waals surface area (Å²) in [4.78, 5) is 30.4. The maximum atomic E-state index is 13.1. The number of ether oxygens (including phenoxy) is 2. The topological polar surface area (TPSA) is 75.3 Å². The number of benzene rings is 2. The molecule has 2 aromatic heterocycles. The molecule has 30 heavy (non-hydrogen) atoms. The molecule has 0 radical (unpaired) electrons. The summed E-state index contributed by atoms with van der Waals surface area (Å²) in [5, 5.41) is 0.339. The van der Waals surface area contributed by atoms with Crippen LogP contribution in [0.25, 0.3) is 33.4 Å². The number of methoxy groups -OCH3 is 2. The Labute approximate surface area is 172 Å². The maximum absolute atomic E-state index is 13.1. The van der Waals surface area contributed by atoms with Crippen LogP contribution in [0.4, 0.5) is 0 Å². The quantitative estimate of drug-likeness (QED) is 0.524. The SMILES string of the molecule is COc1ccc(OC)c(-c2cc(-c3ccccc3)nc3c2c(=O)n(C)c(=O)n3C)c1. The van der Waals surface area contributed by atoms with Crippen LogP contribution in [-0.2, 0) is 14.1 Å². The van der Waals surface area contributed by atoms with Gasteiger partial charge in [-0.2, -0.15) is 0 Å². The predicted molar refractivity (Wildman–Crippen MR) is 116 cm³/mol. The second kappa shape index (κ2) is 7.51. The average molecular weight is 403 g/mol. The summed E-state index contributed by atoms with van der Waals surface area (Å²) < 4.78 is 13.4. The van der Waals surface area contributed by atoms with E-state index in [9.17, 15) is 9.59 Å². The van der Waals surface area contributed by atoms with E-state index >= 15 is 0 Å². The summed E-state index contributed by atoms with van der Waals surface area (Å²) in [6.45, 7) is 0. The third-order valence-electron chi connectivity index (χ3n) is 5.18. The normalized spacial score (nSPS) is 10.9. The first-order valence-corrected chi connectivity index (χ1v) is 9.35. The molecule has 0 amide bonds. The van der Waals surface area contributed by atoms with E-state index in [1.807, 2.05) is 42.5 Å². The van der Waals surface area contributed by atoms with Crippen molar-refractivity contribution >= 4 is 11.0 Å². The van der Waals surface area contributed by atoms with Gasteiger partial charge in [-0.3, -0.25) is 13.9 Å². The highest BCUT2D eigenvalue weighted by Gasteiger charge is 2.20. The van der Waals surface area contributed by atoms with Gasteiger partial charge < -0.3 is 9.47 Å². The Balaban J connectivity index is 2.21. The summed E-state index contributed by atoms with van der Waals surface area (Å²) in [6.07, 6.45) is 0. The summed E-state index contributed by atoms with van der Waals surface area (Å²) >= 11 is 0. The molecule has 7 heteroatoms. The van der Waals surface area contributed by atoms with E-state index in [1.165, 1.54) is 11.6 Å². The molecule has 0 saturated carbocycles. The van der Waals surface area contributed by atoms with Crippen molar-refractivity contribution in [3.05, 3.63) is 75.4 Å². The van der Waals surface area contributed by atoms with Crippen LogP contribution in [0.5, 0.6) is 11.5 Å². The van der Waals surface area contributed by atoms with Gasteiger partial charge in [0, 0.05) is 30.8 Å². The van der Waals surface area contributed by atoms with Crippen molar-refractivity contribution in [1.29, 1.82) is 0 Å². The smallest absolute Gasteiger partial charge is 0.332 e. The fraction of sp³-hybridized carbons (Fsp3) is 0.174. The Bertz CT molecular complexity index is 1370. The lowest BCUT2D eigenvalue weighted by molar-refractivity contribution is 0.404. The van der Waals surface area contributed by atoms with E-state index in [0.717, 1.165) is 10.1 Å².